The van der Waals surface area contributed by atoms with E-state index in [1.54, 1.807) is 30.6 Å². The van der Waals surface area contributed by atoms with Gasteiger partial charge in [0.25, 0.3) is 23.5 Å². The number of aromatic nitrogens is 5. The zero-order valence-corrected chi connectivity index (χ0v) is 34.8. The molecule has 3 saturated heterocycles. The Labute approximate surface area is 352 Å². The third-order valence-corrected chi connectivity index (χ3v) is 11.6. The van der Waals surface area contributed by atoms with E-state index < -0.39 is 17.9 Å². The number of ether oxygens (including phenoxy) is 1. The predicted molar refractivity (Wildman–Crippen MR) is 223 cm³/mol. The number of carbonyl (C=O) groups is 5. The van der Waals surface area contributed by atoms with Gasteiger partial charge in [0.05, 0.1) is 23.1 Å². The minimum Gasteiger partial charge on any atom is -0.481 e. The van der Waals surface area contributed by atoms with Crippen molar-refractivity contribution in [1.29, 1.82) is 0 Å². The Morgan fingerprint density at radius 3 is 2.49 bits per heavy atom. The molecule has 0 bridgehead atoms. The summed E-state index contributed by atoms with van der Waals surface area (Å²) < 4.78 is 12.9. The van der Waals surface area contributed by atoms with Crippen LogP contribution in [0.3, 0.4) is 0 Å². The van der Waals surface area contributed by atoms with Gasteiger partial charge in [-0.2, -0.15) is 10.1 Å². The Morgan fingerprint density at radius 2 is 1.77 bits per heavy atom. The molecule has 6 heterocycles. The van der Waals surface area contributed by atoms with Crippen LogP contribution in [0.25, 0.3) is 16.8 Å². The summed E-state index contributed by atoms with van der Waals surface area (Å²) in [5.74, 6) is -0.305. The van der Waals surface area contributed by atoms with Gasteiger partial charge in [-0.15, -0.1) is 0 Å². The molecule has 17 heteroatoms. The third kappa shape index (κ3) is 9.10. The summed E-state index contributed by atoms with van der Waals surface area (Å²) in [6.45, 7) is 11.3. The van der Waals surface area contributed by atoms with Crippen LogP contribution in [0.5, 0.6) is 5.75 Å². The molecule has 2 atom stereocenters. The van der Waals surface area contributed by atoms with Crippen molar-refractivity contribution < 1.29 is 33.2 Å². The predicted octanol–water partition coefficient (Wildman–Crippen LogP) is 4.23. The maximum atomic E-state index is 13.5. The zero-order chi connectivity index (χ0) is 42.8. The highest BCUT2D eigenvalue weighted by Gasteiger charge is 2.32. The molecule has 318 valence electrons. The van der Waals surface area contributed by atoms with Crippen molar-refractivity contribution >= 4 is 40.7 Å². The van der Waals surface area contributed by atoms with E-state index in [-0.39, 0.29) is 41.4 Å². The Hall–Kier alpha value is -6.65. The first-order valence-corrected chi connectivity index (χ1v) is 20.8. The number of amides is 5. The molecule has 0 spiro atoms. The number of nitrogens with zero attached hydrogens (tertiary/aromatic N) is 8. The molecule has 2 N–H and O–H groups in total. The van der Waals surface area contributed by atoms with Gasteiger partial charge >= 0.3 is 0 Å². The van der Waals surface area contributed by atoms with Crippen molar-refractivity contribution in [2.75, 3.05) is 37.6 Å². The molecule has 3 aliphatic rings. The van der Waals surface area contributed by atoms with Gasteiger partial charge in [-0.25, -0.2) is 9.50 Å². The molecule has 5 amide bonds. The lowest BCUT2D eigenvalue weighted by molar-refractivity contribution is -0.139. The third-order valence-electron chi connectivity index (χ3n) is 11.6. The number of hydrogen-bond donors (Lipinski definition) is 2. The highest BCUT2D eigenvalue weighted by atomic mass is 16.5. The first-order valence-electron chi connectivity index (χ1n) is 20.8. The summed E-state index contributed by atoms with van der Waals surface area (Å²) in [7, 11) is 0. The van der Waals surface area contributed by atoms with Crippen LogP contribution in [0.4, 0.5) is 5.69 Å². The lowest BCUT2D eigenvalue weighted by Gasteiger charge is -2.36. The summed E-state index contributed by atoms with van der Waals surface area (Å²) in [5, 5.41) is 13.5. The van der Waals surface area contributed by atoms with Gasteiger partial charge in [-0.05, 0) is 73.7 Å². The van der Waals surface area contributed by atoms with E-state index in [2.05, 4.69) is 41.8 Å². The second kappa shape index (κ2) is 17.1. The van der Waals surface area contributed by atoms with Crippen LogP contribution in [0.1, 0.15) is 97.3 Å². The highest BCUT2D eigenvalue weighted by molar-refractivity contribution is 6.00. The molecule has 2 unspecified atom stereocenters. The summed E-state index contributed by atoms with van der Waals surface area (Å²) in [6, 6.07) is 14.8. The average molecular weight is 831 g/mol. The standard InChI is InChI=1S/C44H50N10O7/c1-27-22-29(7-8-30(27)24-45-41(58)39-49-43(61-50-39)44(2,3)4)38-34-23-32(25-54(34)47-26-46-38)51-18-20-52(21-19-51)37(56)16-11-31-6-5-17-53(31)42(59)28-9-12-33(13-10-28)60-35-14-15-36(55)48-40(35)57/h7-10,12-13,22-23,25-26,31,35H,5-6,11,14-21,24H2,1-4H3,(H,45,58)(H,48,55,57). The monoisotopic (exact) mass is 830 g/mol. The van der Waals surface area contributed by atoms with E-state index in [1.165, 1.54) is 0 Å². The Kier molecular flexibility index (Phi) is 11.6. The van der Waals surface area contributed by atoms with Crippen molar-refractivity contribution in [2.45, 2.75) is 90.3 Å². The molecule has 8 rings (SSSR count). The van der Waals surface area contributed by atoms with Crippen LogP contribution in [0.15, 0.2) is 65.6 Å². The fourth-order valence-corrected chi connectivity index (χ4v) is 8.09. The van der Waals surface area contributed by atoms with Crippen LogP contribution in [0, 0.1) is 6.92 Å². The normalized spacial score (nSPS) is 18.4. The lowest BCUT2D eigenvalue weighted by atomic mass is 9.97. The van der Waals surface area contributed by atoms with Gasteiger partial charge in [-0.3, -0.25) is 29.3 Å². The van der Waals surface area contributed by atoms with Crippen LogP contribution in [-0.4, -0.2) is 109 Å². The van der Waals surface area contributed by atoms with Gasteiger partial charge in [0.1, 0.15) is 12.1 Å². The fraction of sp³-hybridized carbons (Fsp3) is 0.432. The Morgan fingerprint density at radius 1 is 0.984 bits per heavy atom. The molecule has 2 aromatic carbocycles. The summed E-state index contributed by atoms with van der Waals surface area (Å²) in [4.78, 5) is 78.1. The Bertz CT molecular complexity index is 2460. The van der Waals surface area contributed by atoms with E-state index in [1.807, 2.05) is 66.4 Å². The molecule has 0 radical (unpaired) electrons. The maximum Gasteiger partial charge on any atom is 0.292 e. The zero-order valence-electron chi connectivity index (χ0n) is 34.8. The number of piperazine rings is 1. The summed E-state index contributed by atoms with van der Waals surface area (Å²) >= 11 is 0. The van der Waals surface area contributed by atoms with Crippen molar-refractivity contribution in [1.82, 2.24) is 45.2 Å². The molecule has 0 aliphatic carbocycles. The first kappa shape index (κ1) is 41.1. The largest absolute Gasteiger partial charge is 0.481 e. The van der Waals surface area contributed by atoms with Crippen LogP contribution >= 0.6 is 0 Å². The molecule has 0 saturated carbocycles. The minimum absolute atomic E-state index is 0.00422. The fourth-order valence-electron chi connectivity index (χ4n) is 8.09. The van der Waals surface area contributed by atoms with Crippen molar-refractivity contribution in [2.24, 2.45) is 0 Å². The number of benzene rings is 2. The number of fused-ring (bicyclic) bond motifs is 1. The van der Waals surface area contributed by atoms with E-state index in [4.69, 9.17) is 9.26 Å². The number of rotatable bonds is 11. The molecule has 61 heavy (non-hydrogen) atoms. The van der Waals surface area contributed by atoms with Gasteiger partial charge < -0.3 is 29.3 Å². The maximum absolute atomic E-state index is 13.5. The number of imide groups is 1. The Balaban J connectivity index is 0.825. The molecule has 5 aromatic rings. The SMILES string of the molecule is Cc1cc(-c2ncnn3cc(N4CCN(C(=O)CCC5CCCN5C(=O)c5ccc(OC6CCC(=O)NC6=O)cc5)CC4)cc23)ccc1CNC(=O)c1noc(C(C)(C)C)n1. The van der Waals surface area contributed by atoms with E-state index >= 15 is 0 Å². The van der Waals surface area contributed by atoms with Crippen molar-refractivity contribution in [3.05, 3.63) is 89.5 Å². The highest BCUT2D eigenvalue weighted by Crippen LogP contribution is 2.30. The average Bonchev–Trinajstić information content (AvgIpc) is 4.04. The minimum atomic E-state index is -0.746. The lowest BCUT2D eigenvalue weighted by Crippen LogP contribution is -2.49. The van der Waals surface area contributed by atoms with Gasteiger partial charge in [-0.1, -0.05) is 38.1 Å². The number of anilines is 1. The van der Waals surface area contributed by atoms with Crippen LogP contribution in [-0.2, 0) is 26.3 Å². The van der Waals surface area contributed by atoms with Gasteiger partial charge in [0.15, 0.2) is 6.10 Å². The van der Waals surface area contributed by atoms with E-state index in [0.29, 0.717) is 75.7 Å². The molecular weight excluding hydrogens is 781 g/mol. The number of piperidine rings is 1. The van der Waals surface area contributed by atoms with Crippen molar-refractivity contribution in [3.8, 4) is 17.0 Å². The van der Waals surface area contributed by atoms with E-state index in [9.17, 15) is 24.0 Å². The van der Waals surface area contributed by atoms with Gasteiger partial charge in [0.2, 0.25) is 17.7 Å². The smallest absolute Gasteiger partial charge is 0.292 e. The molecule has 3 aliphatic heterocycles. The molecule has 3 fully saturated rings. The number of aryl methyl sites for hydroxylation is 1. The van der Waals surface area contributed by atoms with Crippen LogP contribution < -0.4 is 20.3 Å². The number of likely N-dealkylation sites (tertiary alicyclic amines) is 1. The first-order chi connectivity index (χ1) is 29.3. The van der Waals surface area contributed by atoms with Crippen molar-refractivity contribution in [3.63, 3.8) is 0 Å². The second-order valence-corrected chi connectivity index (χ2v) is 16.9. The summed E-state index contributed by atoms with van der Waals surface area (Å²) in [6.07, 6.45) is 6.01. The number of hydrogen-bond acceptors (Lipinski definition) is 12. The number of carbonyl (C=O) groups excluding carboxylic acids is 5. The molecule has 3 aromatic heterocycles. The summed E-state index contributed by atoms with van der Waals surface area (Å²) in [5.41, 5.74) is 5.66. The molecular formula is C44H50N10O7. The van der Waals surface area contributed by atoms with Gasteiger partial charge in [0, 0.05) is 81.1 Å². The van der Waals surface area contributed by atoms with E-state index in [0.717, 1.165) is 46.4 Å². The van der Waals surface area contributed by atoms with Crippen LogP contribution in [0.2, 0.25) is 0 Å². The number of nitrogens with one attached hydrogen (secondary N) is 2. The second-order valence-electron chi connectivity index (χ2n) is 16.9. The quantitative estimate of drug-likeness (QED) is 0.180. The molecule has 17 nitrogen and oxygen atoms in total. The topological polar surface area (TPSA) is 197 Å².